The molecule has 0 unspecified atom stereocenters. The quantitative estimate of drug-likeness (QED) is 0.616. The third-order valence-electron chi connectivity index (χ3n) is 4.30. The normalized spacial score (nSPS) is 11.0. The summed E-state index contributed by atoms with van der Waals surface area (Å²) >= 11 is 0. The van der Waals surface area contributed by atoms with Crippen molar-refractivity contribution in [2.45, 2.75) is 20.1 Å². The Labute approximate surface area is 149 Å². The maximum Gasteiger partial charge on any atom is 0.124 e. The molecule has 0 aromatic heterocycles. The molecule has 0 radical (unpaired) electrons. The lowest BCUT2D eigenvalue weighted by Gasteiger charge is -2.15. The van der Waals surface area contributed by atoms with E-state index in [-0.39, 0.29) is 0 Å². The van der Waals surface area contributed by atoms with Gasteiger partial charge in [0.25, 0.3) is 0 Å². The number of aryl methyl sites for hydroxylation is 1. The summed E-state index contributed by atoms with van der Waals surface area (Å²) in [6.45, 7) is 4.94. The third kappa shape index (κ3) is 4.59. The summed E-state index contributed by atoms with van der Waals surface area (Å²) < 4.78 is 11.3. The molecule has 130 valence electrons. The highest BCUT2D eigenvalue weighted by Crippen LogP contribution is 2.28. The number of nitrogens with one attached hydrogen (secondary N) is 1. The monoisotopic (exact) mass is 335 g/mol. The van der Waals surface area contributed by atoms with E-state index in [4.69, 9.17) is 9.47 Å². The molecule has 3 nitrogen and oxygen atoms in total. The molecular weight excluding hydrogens is 310 g/mol. The van der Waals surface area contributed by atoms with Gasteiger partial charge in [-0.1, -0.05) is 60.2 Å². The first-order valence-electron chi connectivity index (χ1n) is 8.66. The Morgan fingerprint density at radius 2 is 1.72 bits per heavy atom. The average molecular weight is 335 g/mol. The lowest BCUT2D eigenvalue weighted by molar-refractivity contribution is 0.199. The third-order valence-corrected chi connectivity index (χ3v) is 4.30. The number of hydrogen-bond acceptors (Lipinski definition) is 3. The van der Waals surface area contributed by atoms with Crippen molar-refractivity contribution >= 4 is 10.8 Å². The van der Waals surface area contributed by atoms with E-state index < -0.39 is 0 Å². The Balaban J connectivity index is 1.81. The molecule has 25 heavy (non-hydrogen) atoms. The lowest BCUT2D eigenvalue weighted by atomic mass is 10.0. The summed E-state index contributed by atoms with van der Waals surface area (Å²) in [5, 5.41) is 5.90. The molecule has 0 amide bonds. The molecule has 0 atom stereocenters. The van der Waals surface area contributed by atoms with Gasteiger partial charge in [-0.25, -0.2) is 0 Å². The maximum absolute atomic E-state index is 6.16. The summed E-state index contributed by atoms with van der Waals surface area (Å²) in [7, 11) is 1.72. The summed E-state index contributed by atoms with van der Waals surface area (Å²) in [4.78, 5) is 0. The molecule has 3 rings (SSSR count). The van der Waals surface area contributed by atoms with Crippen LogP contribution in [0.3, 0.4) is 0 Å². The van der Waals surface area contributed by atoms with Crippen molar-refractivity contribution in [1.29, 1.82) is 0 Å². The van der Waals surface area contributed by atoms with Gasteiger partial charge in [0.15, 0.2) is 0 Å². The second-order valence-corrected chi connectivity index (χ2v) is 6.21. The molecule has 3 aromatic rings. The van der Waals surface area contributed by atoms with Crippen LogP contribution in [-0.4, -0.2) is 20.3 Å². The van der Waals surface area contributed by atoms with Gasteiger partial charge in [-0.15, -0.1) is 0 Å². The summed E-state index contributed by atoms with van der Waals surface area (Å²) in [6, 6.07) is 21.1. The molecule has 0 aliphatic carbocycles. The molecule has 0 aliphatic rings. The van der Waals surface area contributed by atoms with Crippen LogP contribution in [0.25, 0.3) is 10.8 Å². The summed E-state index contributed by atoms with van der Waals surface area (Å²) in [6.07, 6.45) is 0. The van der Waals surface area contributed by atoms with E-state index in [1.807, 2.05) is 0 Å². The zero-order valence-electron chi connectivity index (χ0n) is 14.9. The van der Waals surface area contributed by atoms with E-state index in [2.05, 4.69) is 72.9 Å². The topological polar surface area (TPSA) is 30.5 Å². The van der Waals surface area contributed by atoms with Crippen molar-refractivity contribution in [2.24, 2.45) is 0 Å². The zero-order valence-corrected chi connectivity index (χ0v) is 14.9. The second-order valence-electron chi connectivity index (χ2n) is 6.21. The molecule has 0 saturated heterocycles. The maximum atomic E-state index is 6.16. The molecule has 0 spiro atoms. The summed E-state index contributed by atoms with van der Waals surface area (Å²) in [5.41, 5.74) is 3.64. The predicted octanol–water partition coefficient (Wildman–Crippen LogP) is 4.46. The van der Waals surface area contributed by atoms with E-state index in [1.165, 1.54) is 27.5 Å². The number of rotatable bonds is 8. The van der Waals surface area contributed by atoms with Gasteiger partial charge in [0, 0.05) is 25.8 Å². The van der Waals surface area contributed by atoms with Crippen LogP contribution in [0.2, 0.25) is 0 Å². The minimum absolute atomic E-state index is 0.573. The highest BCUT2D eigenvalue weighted by Gasteiger charge is 2.09. The number of hydrogen-bond donors (Lipinski definition) is 1. The molecule has 1 N–H and O–H groups in total. The van der Waals surface area contributed by atoms with Gasteiger partial charge in [0.05, 0.1) is 6.61 Å². The molecule has 3 heteroatoms. The van der Waals surface area contributed by atoms with Crippen molar-refractivity contribution in [2.75, 3.05) is 20.3 Å². The Morgan fingerprint density at radius 3 is 2.52 bits per heavy atom. The number of benzene rings is 3. The smallest absolute Gasteiger partial charge is 0.124 e. The molecule has 0 aliphatic heterocycles. The first kappa shape index (κ1) is 17.5. The molecule has 0 bridgehead atoms. The van der Waals surface area contributed by atoms with E-state index in [0.29, 0.717) is 13.2 Å². The van der Waals surface area contributed by atoms with Gasteiger partial charge in [-0.2, -0.15) is 0 Å². The van der Waals surface area contributed by atoms with Crippen LogP contribution < -0.4 is 10.1 Å². The highest BCUT2D eigenvalue weighted by atomic mass is 16.5. The van der Waals surface area contributed by atoms with Crippen LogP contribution in [0.1, 0.15) is 16.7 Å². The van der Waals surface area contributed by atoms with Crippen LogP contribution in [0.15, 0.2) is 60.7 Å². The number of fused-ring (bicyclic) bond motifs is 1. The number of methoxy groups -OCH3 is 1. The van der Waals surface area contributed by atoms with Crippen molar-refractivity contribution in [3.8, 4) is 5.75 Å². The van der Waals surface area contributed by atoms with Crippen molar-refractivity contribution < 1.29 is 9.47 Å². The SMILES string of the molecule is COCCNCc1c(OCc2ccc(C)cc2)ccc2ccccc12. The lowest BCUT2D eigenvalue weighted by Crippen LogP contribution is -2.19. The fraction of sp³-hybridized carbons (Fsp3) is 0.273. The van der Waals surface area contributed by atoms with Gasteiger partial charge in [0.2, 0.25) is 0 Å². The molecule has 3 aromatic carbocycles. The van der Waals surface area contributed by atoms with Gasteiger partial charge in [0.1, 0.15) is 12.4 Å². The van der Waals surface area contributed by atoms with E-state index in [1.54, 1.807) is 7.11 Å². The minimum Gasteiger partial charge on any atom is -0.489 e. The molecular formula is C22H25NO2. The largest absolute Gasteiger partial charge is 0.489 e. The minimum atomic E-state index is 0.573. The Morgan fingerprint density at radius 1 is 0.920 bits per heavy atom. The van der Waals surface area contributed by atoms with Crippen LogP contribution in [0.5, 0.6) is 5.75 Å². The van der Waals surface area contributed by atoms with E-state index >= 15 is 0 Å². The molecule has 0 saturated carbocycles. The average Bonchev–Trinajstić information content (AvgIpc) is 2.65. The first-order valence-corrected chi connectivity index (χ1v) is 8.66. The predicted molar refractivity (Wildman–Crippen MR) is 103 cm³/mol. The molecule has 0 fully saturated rings. The fourth-order valence-corrected chi connectivity index (χ4v) is 2.87. The Hall–Kier alpha value is -2.36. The van der Waals surface area contributed by atoms with Gasteiger partial charge in [-0.3, -0.25) is 0 Å². The van der Waals surface area contributed by atoms with Crippen LogP contribution >= 0.6 is 0 Å². The Kier molecular flexibility index (Phi) is 6.04. The summed E-state index contributed by atoms with van der Waals surface area (Å²) in [5.74, 6) is 0.934. The highest BCUT2D eigenvalue weighted by molar-refractivity contribution is 5.87. The Bertz CT molecular complexity index is 812. The standard InChI is InChI=1S/C22H25NO2/c1-17-7-9-18(10-8-17)16-25-22-12-11-19-5-3-4-6-20(19)21(22)15-23-13-14-24-2/h3-12,23H,13-16H2,1-2H3. The van der Waals surface area contributed by atoms with Crippen LogP contribution in [0, 0.1) is 6.92 Å². The van der Waals surface area contributed by atoms with E-state index in [9.17, 15) is 0 Å². The number of ether oxygens (including phenoxy) is 2. The van der Waals surface area contributed by atoms with Crippen molar-refractivity contribution in [3.63, 3.8) is 0 Å². The molecule has 0 heterocycles. The van der Waals surface area contributed by atoms with Crippen LogP contribution in [-0.2, 0) is 17.9 Å². The van der Waals surface area contributed by atoms with E-state index in [0.717, 1.165) is 18.8 Å². The van der Waals surface area contributed by atoms with Crippen LogP contribution in [0.4, 0.5) is 0 Å². The zero-order chi connectivity index (χ0) is 17.5. The van der Waals surface area contributed by atoms with Gasteiger partial charge in [-0.05, 0) is 29.3 Å². The van der Waals surface area contributed by atoms with Gasteiger partial charge < -0.3 is 14.8 Å². The van der Waals surface area contributed by atoms with Gasteiger partial charge >= 0.3 is 0 Å². The first-order chi connectivity index (χ1) is 12.3. The second kappa shape index (κ2) is 8.65. The fourth-order valence-electron chi connectivity index (χ4n) is 2.87. The van der Waals surface area contributed by atoms with Crippen molar-refractivity contribution in [1.82, 2.24) is 5.32 Å². The van der Waals surface area contributed by atoms with Crippen molar-refractivity contribution in [3.05, 3.63) is 77.4 Å².